The average Bonchev–Trinajstić information content (AvgIpc) is 2.68. The smallest absolute Gasteiger partial charge is 0.244 e. The molecular weight excluding hydrogens is 240 g/mol. The molecule has 19 heavy (non-hydrogen) atoms. The van der Waals surface area contributed by atoms with E-state index in [2.05, 4.69) is 13.8 Å². The number of Topliss-reactive ketones (excluding diaryl/α,β-unsaturated/α-hetero) is 1. The molecule has 0 aromatic carbocycles. The molecule has 1 heterocycles. The maximum Gasteiger partial charge on any atom is 0.244 e. The second-order valence-corrected chi connectivity index (χ2v) is 6.43. The third-order valence-electron chi connectivity index (χ3n) is 3.83. The molecule has 1 amide bonds. The van der Waals surface area contributed by atoms with E-state index in [0.29, 0.717) is 6.42 Å². The van der Waals surface area contributed by atoms with Gasteiger partial charge >= 0.3 is 0 Å². The van der Waals surface area contributed by atoms with Gasteiger partial charge in [-0.2, -0.15) is 0 Å². The van der Waals surface area contributed by atoms with Crippen molar-refractivity contribution in [2.24, 2.45) is 5.41 Å². The predicted octanol–water partition coefficient (Wildman–Crippen LogP) is 2.29. The Morgan fingerprint density at radius 2 is 2.00 bits per heavy atom. The van der Waals surface area contributed by atoms with Crippen LogP contribution in [0, 0.1) is 5.41 Å². The summed E-state index contributed by atoms with van der Waals surface area (Å²) < 4.78 is 1.95. The van der Waals surface area contributed by atoms with E-state index in [4.69, 9.17) is 0 Å². The first-order valence-corrected chi connectivity index (χ1v) is 6.67. The summed E-state index contributed by atoms with van der Waals surface area (Å²) in [6.07, 6.45) is 3.29. The number of ketones is 1. The minimum absolute atomic E-state index is 0.0267. The highest BCUT2D eigenvalue weighted by Crippen LogP contribution is 2.36. The van der Waals surface area contributed by atoms with E-state index in [1.807, 2.05) is 23.8 Å². The molecule has 1 unspecified atom stereocenters. The van der Waals surface area contributed by atoms with Crippen LogP contribution in [-0.2, 0) is 11.2 Å². The third kappa shape index (κ3) is 2.44. The molecule has 4 nitrogen and oxygen atoms in total. The molecule has 1 aliphatic carbocycles. The molecule has 104 valence electrons. The fourth-order valence-corrected chi connectivity index (χ4v) is 2.82. The summed E-state index contributed by atoms with van der Waals surface area (Å²) in [4.78, 5) is 25.8. The highest BCUT2D eigenvalue weighted by molar-refractivity contribution is 5.99. The Morgan fingerprint density at radius 1 is 1.37 bits per heavy atom. The highest BCUT2D eigenvalue weighted by Gasteiger charge is 2.34. The van der Waals surface area contributed by atoms with Crippen LogP contribution in [-0.4, -0.2) is 35.3 Å². The lowest BCUT2D eigenvalue weighted by Crippen LogP contribution is -2.33. The van der Waals surface area contributed by atoms with Crippen molar-refractivity contribution in [2.45, 2.75) is 39.7 Å². The van der Waals surface area contributed by atoms with Crippen LogP contribution in [0.5, 0.6) is 0 Å². The molecule has 1 aromatic heterocycles. The van der Waals surface area contributed by atoms with Gasteiger partial charge in [0.05, 0.1) is 0 Å². The molecule has 1 aromatic rings. The van der Waals surface area contributed by atoms with Crippen molar-refractivity contribution in [3.05, 3.63) is 23.5 Å². The normalized spacial score (nSPS) is 18.9. The molecule has 0 radical (unpaired) electrons. The van der Waals surface area contributed by atoms with Crippen molar-refractivity contribution in [2.75, 3.05) is 14.1 Å². The Labute approximate surface area is 114 Å². The summed E-state index contributed by atoms with van der Waals surface area (Å²) in [6, 6.07) is 1.59. The topological polar surface area (TPSA) is 42.3 Å². The number of nitrogens with zero attached hydrogens (tertiary/aromatic N) is 2. The third-order valence-corrected chi connectivity index (χ3v) is 3.83. The van der Waals surface area contributed by atoms with Gasteiger partial charge in [-0.05, 0) is 24.8 Å². The molecule has 0 spiro atoms. The second-order valence-electron chi connectivity index (χ2n) is 6.43. The van der Waals surface area contributed by atoms with E-state index in [0.717, 1.165) is 17.7 Å². The van der Waals surface area contributed by atoms with Gasteiger partial charge in [-0.15, -0.1) is 0 Å². The monoisotopic (exact) mass is 262 g/mol. The van der Waals surface area contributed by atoms with Crippen molar-refractivity contribution in [1.29, 1.82) is 0 Å². The summed E-state index contributed by atoms with van der Waals surface area (Å²) in [6.45, 7) is 6.09. The quantitative estimate of drug-likeness (QED) is 0.820. The number of rotatable bonds is 2. The lowest BCUT2D eigenvalue weighted by molar-refractivity contribution is -0.131. The van der Waals surface area contributed by atoms with Crippen LogP contribution in [0.25, 0.3) is 0 Å². The fourth-order valence-electron chi connectivity index (χ4n) is 2.82. The number of fused-ring (bicyclic) bond motifs is 1. The molecule has 4 heteroatoms. The Hall–Kier alpha value is -1.58. The van der Waals surface area contributed by atoms with Crippen LogP contribution in [0.4, 0.5) is 0 Å². The molecule has 1 atom stereocenters. The first-order chi connectivity index (χ1) is 8.73. The molecular formula is C15H22N2O2. The van der Waals surface area contributed by atoms with Crippen LogP contribution >= 0.6 is 0 Å². The Bertz CT molecular complexity index is 526. The predicted molar refractivity (Wildman–Crippen MR) is 74.3 cm³/mol. The molecule has 2 rings (SSSR count). The number of carbonyl (C=O) groups excluding carboxylic acids is 2. The standard InChI is InChI=1S/C15H22N2O2/c1-10(14(19)16(4)5)17-7-6-11-12(17)8-15(2,3)9-13(11)18/h6-7,10H,8-9H2,1-5H3. The largest absolute Gasteiger partial charge is 0.347 e. The summed E-state index contributed by atoms with van der Waals surface area (Å²) in [5.41, 5.74) is 1.77. The molecule has 0 aliphatic heterocycles. The van der Waals surface area contributed by atoms with Gasteiger partial charge in [-0.3, -0.25) is 9.59 Å². The van der Waals surface area contributed by atoms with E-state index in [9.17, 15) is 9.59 Å². The lowest BCUT2D eigenvalue weighted by Gasteiger charge is -2.31. The SMILES string of the molecule is CC(C(=O)N(C)C)n1ccc2c1CC(C)(C)CC2=O. The van der Waals surface area contributed by atoms with Gasteiger partial charge in [0.15, 0.2) is 5.78 Å². The van der Waals surface area contributed by atoms with Crippen LogP contribution in [0.15, 0.2) is 12.3 Å². The lowest BCUT2D eigenvalue weighted by atomic mass is 9.76. The molecule has 1 aliphatic rings. The summed E-state index contributed by atoms with van der Waals surface area (Å²) in [7, 11) is 3.51. The minimum Gasteiger partial charge on any atom is -0.347 e. The fraction of sp³-hybridized carbons (Fsp3) is 0.600. The van der Waals surface area contributed by atoms with Crippen LogP contribution in [0.2, 0.25) is 0 Å². The van der Waals surface area contributed by atoms with E-state index >= 15 is 0 Å². The van der Waals surface area contributed by atoms with Crippen LogP contribution in [0.1, 0.15) is 49.3 Å². The Kier molecular flexibility index (Phi) is 3.29. The maximum atomic E-state index is 12.1. The second kappa shape index (κ2) is 4.51. The minimum atomic E-state index is -0.263. The van der Waals surface area contributed by atoms with Gasteiger partial charge in [-0.1, -0.05) is 13.8 Å². The van der Waals surface area contributed by atoms with Crippen molar-refractivity contribution >= 4 is 11.7 Å². The van der Waals surface area contributed by atoms with Gasteiger partial charge in [0.2, 0.25) is 5.91 Å². The van der Waals surface area contributed by atoms with E-state index in [-0.39, 0.29) is 23.1 Å². The zero-order valence-corrected chi connectivity index (χ0v) is 12.4. The number of carbonyl (C=O) groups is 2. The van der Waals surface area contributed by atoms with E-state index < -0.39 is 0 Å². The first kappa shape index (κ1) is 13.8. The number of amides is 1. The number of hydrogen-bond donors (Lipinski definition) is 0. The average molecular weight is 262 g/mol. The van der Waals surface area contributed by atoms with Crippen molar-refractivity contribution in [3.8, 4) is 0 Å². The summed E-state index contributed by atoms with van der Waals surface area (Å²) in [5, 5.41) is 0. The van der Waals surface area contributed by atoms with Crippen LogP contribution in [0.3, 0.4) is 0 Å². The van der Waals surface area contributed by atoms with Gasteiger partial charge in [0.25, 0.3) is 0 Å². The zero-order valence-electron chi connectivity index (χ0n) is 12.4. The van der Waals surface area contributed by atoms with Crippen LogP contribution < -0.4 is 0 Å². The van der Waals surface area contributed by atoms with Gasteiger partial charge < -0.3 is 9.47 Å². The van der Waals surface area contributed by atoms with Gasteiger partial charge in [0.1, 0.15) is 6.04 Å². The number of hydrogen-bond acceptors (Lipinski definition) is 2. The number of likely N-dealkylation sites (N-methyl/N-ethyl adjacent to an activating group) is 1. The Morgan fingerprint density at radius 3 is 2.58 bits per heavy atom. The van der Waals surface area contributed by atoms with Gasteiger partial charge in [-0.25, -0.2) is 0 Å². The van der Waals surface area contributed by atoms with Crippen molar-refractivity contribution < 1.29 is 9.59 Å². The van der Waals surface area contributed by atoms with E-state index in [1.165, 1.54) is 0 Å². The Balaban J connectivity index is 2.41. The molecule has 0 fully saturated rings. The molecule has 0 bridgehead atoms. The first-order valence-electron chi connectivity index (χ1n) is 6.67. The van der Waals surface area contributed by atoms with Crippen molar-refractivity contribution in [1.82, 2.24) is 9.47 Å². The molecule has 0 saturated carbocycles. The summed E-state index contributed by atoms with van der Waals surface area (Å²) in [5.74, 6) is 0.240. The number of aromatic nitrogens is 1. The van der Waals surface area contributed by atoms with E-state index in [1.54, 1.807) is 19.0 Å². The summed E-state index contributed by atoms with van der Waals surface area (Å²) >= 11 is 0. The zero-order chi connectivity index (χ0) is 14.4. The highest BCUT2D eigenvalue weighted by atomic mass is 16.2. The molecule has 0 N–H and O–H groups in total. The molecule has 0 saturated heterocycles. The van der Waals surface area contributed by atoms with Gasteiger partial charge in [0, 0.05) is 38.0 Å². The maximum absolute atomic E-state index is 12.1. The van der Waals surface area contributed by atoms with Crippen molar-refractivity contribution in [3.63, 3.8) is 0 Å².